The zero-order chi connectivity index (χ0) is 18.0. The van der Waals surface area contributed by atoms with Gasteiger partial charge in [0.05, 0.1) is 22.8 Å². The molecule has 2 N–H and O–H groups in total. The number of piperazine rings is 1. The molecule has 8 heteroatoms. The minimum absolute atomic E-state index is 0.0592. The Labute approximate surface area is 157 Å². The lowest BCUT2D eigenvalue weighted by molar-refractivity contribution is -0.120. The highest BCUT2D eigenvalue weighted by molar-refractivity contribution is 9.10. The van der Waals surface area contributed by atoms with Gasteiger partial charge in [0.25, 0.3) is 5.91 Å². The largest absolute Gasteiger partial charge is 0.359 e. The van der Waals surface area contributed by atoms with Crippen LogP contribution in [0.1, 0.15) is 10.4 Å². The van der Waals surface area contributed by atoms with Gasteiger partial charge in [-0.25, -0.2) is 4.39 Å². The molecule has 5 nitrogen and oxygen atoms in total. The molecule has 1 aliphatic rings. The summed E-state index contributed by atoms with van der Waals surface area (Å²) in [5, 5.41) is 5.77. The van der Waals surface area contributed by atoms with Crippen molar-refractivity contribution in [2.45, 2.75) is 0 Å². The molecule has 0 aromatic heterocycles. The van der Waals surface area contributed by atoms with Crippen LogP contribution in [0, 0.1) is 5.82 Å². The van der Waals surface area contributed by atoms with Crippen LogP contribution in [0.4, 0.5) is 15.8 Å². The molecule has 1 fully saturated rings. The molecule has 1 saturated heterocycles. The maximum atomic E-state index is 13.9. The van der Waals surface area contributed by atoms with Crippen molar-refractivity contribution >= 4 is 50.7 Å². The van der Waals surface area contributed by atoms with Crippen molar-refractivity contribution in [1.29, 1.82) is 0 Å². The first-order valence-corrected chi connectivity index (χ1v) is 8.69. The lowest BCUT2D eigenvalue weighted by atomic mass is 10.2. The summed E-state index contributed by atoms with van der Waals surface area (Å²) in [6.45, 7) is 1.44. The van der Waals surface area contributed by atoms with E-state index in [4.69, 9.17) is 11.6 Å². The average molecular weight is 427 g/mol. The molecule has 1 heterocycles. The number of nitrogens with one attached hydrogen (secondary N) is 2. The van der Waals surface area contributed by atoms with Gasteiger partial charge in [0.2, 0.25) is 5.91 Å². The van der Waals surface area contributed by atoms with Crippen LogP contribution in [0.5, 0.6) is 0 Å². The zero-order valence-corrected chi connectivity index (χ0v) is 15.3. The van der Waals surface area contributed by atoms with Crippen molar-refractivity contribution in [2.24, 2.45) is 0 Å². The molecule has 2 aromatic carbocycles. The number of carbonyl (C=O) groups is 2. The third kappa shape index (κ3) is 4.11. The van der Waals surface area contributed by atoms with Crippen LogP contribution in [0.15, 0.2) is 40.9 Å². The van der Waals surface area contributed by atoms with E-state index in [0.717, 1.165) is 0 Å². The third-order valence-corrected chi connectivity index (χ3v) is 4.56. The van der Waals surface area contributed by atoms with Crippen LogP contribution in [-0.4, -0.2) is 31.4 Å². The van der Waals surface area contributed by atoms with Gasteiger partial charge in [0.15, 0.2) is 0 Å². The highest BCUT2D eigenvalue weighted by Crippen LogP contribution is 2.29. The van der Waals surface area contributed by atoms with Gasteiger partial charge in [-0.2, -0.15) is 0 Å². The number of rotatable bonds is 3. The van der Waals surface area contributed by atoms with E-state index in [2.05, 4.69) is 26.6 Å². The topological polar surface area (TPSA) is 61.4 Å². The predicted octanol–water partition coefficient (Wildman–Crippen LogP) is 3.43. The Bertz CT molecular complexity index is 847. The van der Waals surface area contributed by atoms with Gasteiger partial charge < -0.3 is 15.5 Å². The first kappa shape index (κ1) is 17.7. The van der Waals surface area contributed by atoms with Crippen LogP contribution >= 0.6 is 27.5 Å². The van der Waals surface area contributed by atoms with E-state index in [1.807, 2.05) is 4.90 Å². The standard InChI is InChI=1S/C17H14BrClFN3O2/c18-10-1-3-12(14(20)7-10)17(25)22-11-2-4-15(13(19)8-11)23-6-5-21-16(24)9-23/h1-4,7-8H,5-6,9H2,(H,21,24)(H,22,25). The quantitative estimate of drug-likeness (QED) is 0.790. The number of hydrogen-bond acceptors (Lipinski definition) is 3. The van der Waals surface area contributed by atoms with E-state index < -0.39 is 11.7 Å². The molecule has 0 spiro atoms. The number of amides is 2. The first-order valence-electron chi connectivity index (χ1n) is 7.51. The van der Waals surface area contributed by atoms with E-state index in [9.17, 15) is 14.0 Å². The van der Waals surface area contributed by atoms with Crippen LogP contribution < -0.4 is 15.5 Å². The summed E-state index contributed by atoms with van der Waals surface area (Å²) in [6, 6.07) is 9.20. The fourth-order valence-corrected chi connectivity index (χ4v) is 3.19. The van der Waals surface area contributed by atoms with Crippen molar-refractivity contribution in [3.8, 4) is 0 Å². The molecule has 0 unspecified atom stereocenters. The van der Waals surface area contributed by atoms with Gasteiger partial charge in [-0.05, 0) is 36.4 Å². The average Bonchev–Trinajstić information content (AvgIpc) is 2.54. The molecule has 130 valence electrons. The maximum absolute atomic E-state index is 13.9. The number of halogens is 3. The maximum Gasteiger partial charge on any atom is 0.258 e. The van der Waals surface area contributed by atoms with E-state index in [1.54, 1.807) is 24.3 Å². The first-order chi connectivity index (χ1) is 11.9. The molecule has 3 rings (SSSR count). The van der Waals surface area contributed by atoms with Crippen molar-refractivity contribution in [2.75, 3.05) is 29.9 Å². The molecule has 2 aromatic rings. The third-order valence-electron chi connectivity index (χ3n) is 3.76. The lowest BCUT2D eigenvalue weighted by Crippen LogP contribution is -2.47. The lowest BCUT2D eigenvalue weighted by Gasteiger charge is -2.29. The Morgan fingerprint density at radius 3 is 2.76 bits per heavy atom. The zero-order valence-electron chi connectivity index (χ0n) is 13.0. The minimum atomic E-state index is -0.617. The summed E-state index contributed by atoms with van der Waals surface area (Å²) >= 11 is 9.44. The molecule has 1 aliphatic heterocycles. The number of anilines is 2. The summed E-state index contributed by atoms with van der Waals surface area (Å²) in [5.41, 5.74) is 1.10. The fourth-order valence-electron chi connectivity index (χ4n) is 2.56. The van der Waals surface area contributed by atoms with Gasteiger partial charge in [-0.15, -0.1) is 0 Å². The van der Waals surface area contributed by atoms with E-state index >= 15 is 0 Å². The highest BCUT2D eigenvalue weighted by atomic mass is 79.9. The summed E-state index contributed by atoms with van der Waals surface area (Å²) in [6.07, 6.45) is 0. The molecule has 2 amide bonds. The molecule has 0 bridgehead atoms. The van der Waals surface area contributed by atoms with Crippen molar-refractivity contribution in [3.05, 3.63) is 57.3 Å². The number of nitrogens with zero attached hydrogens (tertiary/aromatic N) is 1. The Kier molecular flexibility index (Phi) is 5.24. The molecular formula is C17H14BrClFN3O2. The highest BCUT2D eigenvalue weighted by Gasteiger charge is 2.19. The molecule has 0 aliphatic carbocycles. The second-order valence-electron chi connectivity index (χ2n) is 5.52. The predicted molar refractivity (Wildman–Crippen MR) is 98.7 cm³/mol. The van der Waals surface area contributed by atoms with Gasteiger partial charge in [0, 0.05) is 23.2 Å². The number of benzene rings is 2. The molecule has 25 heavy (non-hydrogen) atoms. The second kappa shape index (κ2) is 7.41. The van der Waals surface area contributed by atoms with Gasteiger partial charge >= 0.3 is 0 Å². The number of hydrogen-bond donors (Lipinski definition) is 2. The molecule has 0 saturated carbocycles. The Morgan fingerprint density at radius 1 is 1.28 bits per heavy atom. The van der Waals surface area contributed by atoms with Gasteiger partial charge in [-0.1, -0.05) is 27.5 Å². The normalized spacial score (nSPS) is 14.2. The number of carbonyl (C=O) groups excluding carboxylic acids is 2. The minimum Gasteiger partial charge on any atom is -0.359 e. The van der Waals surface area contributed by atoms with Gasteiger partial charge in [-0.3, -0.25) is 9.59 Å². The monoisotopic (exact) mass is 425 g/mol. The summed E-state index contributed by atoms with van der Waals surface area (Å²) in [7, 11) is 0. The molecule has 0 atom stereocenters. The van der Waals surface area contributed by atoms with Gasteiger partial charge in [0.1, 0.15) is 5.82 Å². The van der Waals surface area contributed by atoms with Crippen LogP contribution in [0.25, 0.3) is 0 Å². The Morgan fingerprint density at radius 2 is 2.08 bits per heavy atom. The SMILES string of the molecule is O=C1CN(c2ccc(NC(=O)c3ccc(Br)cc3F)cc2Cl)CCN1. The van der Waals surface area contributed by atoms with Crippen LogP contribution in [0.2, 0.25) is 5.02 Å². The Balaban J connectivity index is 1.76. The van der Waals surface area contributed by atoms with Crippen LogP contribution in [0.3, 0.4) is 0 Å². The van der Waals surface area contributed by atoms with Crippen molar-refractivity contribution in [3.63, 3.8) is 0 Å². The van der Waals surface area contributed by atoms with Crippen LogP contribution in [-0.2, 0) is 4.79 Å². The fraction of sp³-hybridized carbons (Fsp3) is 0.176. The van der Waals surface area contributed by atoms with E-state index in [-0.39, 0.29) is 18.0 Å². The van der Waals surface area contributed by atoms with Crippen molar-refractivity contribution in [1.82, 2.24) is 5.32 Å². The molecule has 0 radical (unpaired) electrons. The second-order valence-corrected chi connectivity index (χ2v) is 6.84. The van der Waals surface area contributed by atoms with Crippen molar-refractivity contribution < 1.29 is 14.0 Å². The summed E-state index contributed by atoms with van der Waals surface area (Å²) in [5.74, 6) is -1.24. The summed E-state index contributed by atoms with van der Waals surface area (Å²) in [4.78, 5) is 25.6. The summed E-state index contributed by atoms with van der Waals surface area (Å²) < 4.78 is 14.4. The smallest absolute Gasteiger partial charge is 0.258 e. The van der Waals surface area contributed by atoms with E-state index in [1.165, 1.54) is 12.1 Å². The Hall–Kier alpha value is -2.12. The molecular weight excluding hydrogens is 413 g/mol. The van der Waals surface area contributed by atoms with E-state index in [0.29, 0.717) is 34.0 Å².